The van der Waals surface area contributed by atoms with E-state index in [-0.39, 0.29) is 18.7 Å². The van der Waals surface area contributed by atoms with E-state index in [0.717, 1.165) is 37.1 Å². The number of aliphatic hydroxyl groups is 1. The molecule has 1 saturated heterocycles. The molecule has 0 aliphatic carbocycles. The van der Waals surface area contributed by atoms with E-state index in [0.29, 0.717) is 13.2 Å². The maximum Gasteiger partial charge on any atom is 0.414 e. The highest BCUT2D eigenvalue weighted by atomic mass is 16.6. The van der Waals surface area contributed by atoms with Gasteiger partial charge in [0.05, 0.1) is 6.54 Å². The van der Waals surface area contributed by atoms with Crippen LogP contribution in [0.1, 0.15) is 37.8 Å². The van der Waals surface area contributed by atoms with Gasteiger partial charge in [-0.3, -0.25) is 4.90 Å². The van der Waals surface area contributed by atoms with Gasteiger partial charge in [-0.15, -0.1) is 0 Å². The van der Waals surface area contributed by atoms with Crippen LogP contribution in [0.5, 0.6) is 0 Å². The van der Waals surface area contributed by atoms with Crippen LogP contribution in [0.3, 0.4) is 0 Å². The van der Waals surface area contributed by atoms with Crippen molar-refractivity contribution in [3.8, 4) is 0 Å². The molecule has 1 aliphatic rings. The molecule has 1 aromatic rings. The zero-order chi connectivity index (χ0) is 15.1. The van der Waals surface area contributed by atoms with Crippen LogP contribution in [0.25, 0.3) is 0 Å². The number of carbonyl (C=O) groups excluding carboxylic acids is 1. The zero-order valence-corrected chi connectivity index (χ0v) is 12.5. The Morgan fingerprint density at radius 3 is 2.95 bits per heavy atom. The van der Waals surface area contributed by atoms with Crippen molar-refractivity contribution in [3.63, 3.8) is 0 Å². The number of aliphatic hydroxyl groups excluding tert-OH is 1. The molecule has 0 bridgehead atoms. The summed E-state index contributed by atoms with van der Waals surface area (Å²) >= 11 is 0. The summed E-state index contributed by atoms with van der Waals surface area (Å²) in [5, 5.41) is 12.2. The van der Waals surface area contributed by atoms with E-state index < -0.39 is 0 Å². The van der Waals surface area contributed by atoms with Crippen LogP contribution >= 0.6 is 0 Å². The number of rotatable bonds is 8. The molecule has 2 N–H and O–H groups in total. The number of hydrogen-bond donors (Lipinski definition) is 2. The molecule has 1 heterocycles. The first kappa shape index (κ1) is 15.8. The SMILES string of the molecule is CC(NCCCCCO)c1cccc(N2CCOC2=O)c1. The number of cyclic esters (lactones) is 1. The number of carbonyl (C=O) groups is 1. The minimum atomic E-state index is -0.267. The van der Waals surface area contributed by atoms with Crippen molar-refractivity contribution in [2.24, 2.45) is 0 Å². The Morgan fingerprint density at radius 2 is 2.24 bits per heavy atom. The Bertz CT molecular complexity index is 465. The average molecular weight is 292 g/mol. The monoisotopic (exact) mass is 292 g/mol. The van der Waals surface area contributed by atoms with Crippen LogP contribution in [0.15, 0.2) is 24.3 Å². The van der Waals surface area contributed by atoms with Crippen LogP contribution < -0.4 is 10.2 Å². The summed E-state index contributed by atoms with van der Waals surface area (Å²) in [6.45, 7) is 4.39. The molecule has 0 aromatic heterocycles. The van der Waals surface area contributed by atoms with Crippen molar-refractivity contribution in [1.82, 2.24) is 5.32 Å². The molecule has 5 nitrogen and oxygen atoms in total. The second-order valence-electron chi connectivity index (χ2n) is 5.32. The number of anilines is 1. The fraction of sp³-hybridized carbons (Fsp3) is 0.562. The molecule has 1 aromatic carbocycles. The molecule has 21 heavy (non-hydrogen) atoms. The lowest BCUT2D eigenvalue weighted by Gasteiger charge is -2.18. The number of benzene rings is 1. The lowest BCUT2D eigenvalue weighted by atomic mass is 10.1. The van der Waals surface area contributed by atoms with Gasteiger partial charge in [0.25, 0.3) is 0 Å². The Morgan fingerprint density at radius 1 is 1.38 bits per heavy atom. The molecule has 1 atom stereocenters. The number of hydrogen-bond acceptors (Lipinski definition) is 4. The Labute approximate surface area is 125 Å². The number of nitrogens with one attached hydrogen (secondary N) is 1. The van der Waals surface area contributed by atoms with Gasteiger partial charge < -0.3 is 15.2 Å². The van der Waals surface area contributed by atoms with E-state index in [1.807, 2.05) is 18.2 Å². The molecule has 1 amide bonds. The summed E-state index contributed by atoms with van der Waals surface area (Å²) in [6, 6.07) is 8.25. The van der Waals surface area contributed by atoms with Gasteiger partial charge >= 0.3 is 6.09 Å². The van der Waals surface area contributed by atoms with Crippen LogP contribution in [0.4, 0.5) is 10.5 Å². The van der Waals surface area contributed by atoms with Gasteiger partial charge in [0, 0.05) is 18.3 Å². The number of nitrogens with zero attached hydrogens (tertiary/aromatic N) is 1. The number of unbranched alkanes of at least 4 members (excludes halogenated alkanes) is 2. The minimum absolute atomic E-state index is 0.234. The topological polar surface area (TPSA) is 61.8 Å². The zero-order valence-electron chi connectivity index (χ0n) is 12.5. The van der Waals surface area contributed by atoms with Crippen molar-refractivity contribution < 1.29 is 14.6 Å². The quantitative estimate of drug-likeness (QED) is 0.723. The third-order valence-corrected chi connectivity index (χ3v) is 3.73. The average Bonchev–Trinajstić information content (AvgIpc) is 2.93. The molecule has 0 radical (unpaired) electrons. The van der Waals surface area contributed by atoms with E-state index in [4.69, 9.17) is 9.84 Å². The lowest BCUT2D eigenvalue weighted by molar-refractivity contribution is 0.181. The van der Waals surface area contributed by atoms with Gasteiger partial charge in [0.1, 0.15) is 6.61 Å². The van der Waals surface area contributed by atoms with E-state index in [1.54, 1.807) is 4.90 Å². The Hall–Kier alpha value is -1.59. The molecule has 116 valence electrons. The molecule has 1 fully saturated rings. The molecule has 2 rings (SSSR count). The Balaban J connectivity index is 1.89. The maximum atomic E-state index is 11.6. The van der Waals surface area contributed by atoms with Crippen LogP contribution in [0, 0.1) is 0 Å². The number of amides is 1. The fourth-order valence-corrected chi connectivity index (χ4v) is 2.44. The van der Waals surface area contributed by atoms with Crippen LogP contribution in [-0.2, 0) is 4.74 Å². The fourth-order valence-electron chi connectivity index (χ4n) is 2.44. The van der Waals surface area contributed by atoms with Gasteiger partial charge in [-0.25, -0.2) is 4.79 Å². The molecule has 5 heteroatoms. The lowest BCUT2D eigenvalue weighted by Crippen LogP contribution is -2.24. The molecule has 1 unspecified atom stereocenters. The van der Waals surface area contributed by atoms with Crippen molar-refractivity contribution >= 4 is 11.8 Å². The molecule has 1 aliphatic heterocycles. The summed E-state index contributed by atoms with van der Waals surface area (Å²) in [5.74, 6) is 0. The van der Waals surface area contributed by atoms with Crippen LogP contribution in [-0.4, -0.2) is 37.5 Å². The van der Waals surface area contributed by atoms with Crippen molar-refractivity contribution in [3.05, 3.63) is 29.8 Å². The minimum Gasteiger partial charge on any atom is -0.447 e. The molecule has 0 spiro atoms. The first-order valence-corrected chi connectivity index (χ1v) is 7.61. The predicted octanol–water partition coefficient (Wildman–Crippen LogP) is 2.46. The smallest absolute Gasteiger partial charge is 0.414 e. The predicted molar refractivity (Wildman–Crippen MR) is 82.5 cm³/mol. The highest BCUT2D eigenvalue weighted by Crippen LogP contribution is 2.23. The van der Waals surface area contributed by atoms with E-state index in [1.165, 1.54) is 0 Å². The standard InChI is InChI=1S/C16H24N2O3/c1-13(17-8-3-2-4-10-19)14-6-5-7-15(12-14)18-9-11-21-16(18)20/h5-7,12-13,17,19H,2-4,8-11H2,1H3. The van der Waals surface area contributed by atoms with Gasteiger partial charge in [-0.2, -0.15) is 0 Å². The van der Waals surface area contributed by atoms with Gasteiger partial charge in [-0.05, 0) is 50.4 Å². The summed E-state index contributed by atoms with van der Waals surface area (Å²) in [7, 11) is 0. The van der Waals surface area contributed by atoms with Crippen molar-refractivity contribution in [1.29, 1.82) is 0 Å². The highest BCUT2D eigenvalue weighted by molar-refractivity contribution is 5.89. The van der Waals surface area contributed by atoms with E-state index in [9.17, 15) is 4.79 Å². The first-order chi connectivity index (χ1) is 10.2. The van der Waals surface area contributed by atoms with Crippen molar-refractivity contribution in [2.75, 3.05) is 31.2 Å². The molecular weight excluding hydrogens is 268 g/mol. The first-order valence-electron chi connectivity index (χ1n) is 7.61. The Kier molecular flexibility index (Phi) is 6.02. The van der Waals surface area contributed by atoms with Gasteiger partial charge in [0.15, 0.2) is 0 Å². The second-order valence-corrected chi connectivity index (χ2v) is 5.32. The van der Waals surface area contributed by atoms with E-state index in [2.05, 4.69) is 18.3 Å². The normalized spacial score (nSPS) is 16.1. The summed E-state index contributed by atoms with van der Waals surface area (Å²) in [6.07, 6.45) is 2.69. The molecule has 0 saturated carbocycles. The largest absolute Gasteiger partial charge is 0.447 e. The summed E-state index contributed by atoms with van der Waals surface area (Å²) in [4.78, 5) is 13.3. The maximum absolute atomic E-state index is 11.6. The van der Waals surface area contributed by atoms with E-state index >= 15 is 0 Å². The number of ether oxygens (including phenoxy) is 1. The molecular formula is C16H24N2O3. The van der Waals surface area contributed by atoms with Gasteiger partial charge in [-0.1, -0.05) is 12.1 Å². The third kappa shape index (κ3) is 4.44. The summed E-state index contributed by atoms with van der Waals surface area (Å²) < 4.78 is 4.97. The highest BCUT2D eigenvalue weighted by Gasteiger charge is 2.23. The second kappa shape index (κ2) is 8.00. The van der Waals surface area contributed by atoms with Gasteiger partial charge in [0.2, 0.25) is 0 Å². The van der Waals surface area contributed by atoms with Crippen LogP contribution in [0.2, 0.25) is 0 Å². The summed E-state index contributed by atoms with van der Waals surface area (Å²) in [5.41, 5.74) is 2.05. The van der Waals surface area contributed by atoms with Crippen molar-refractivity contribution in [2.45, 2.75) is 32.2 Å². The third-order valence-electron chi connectivity index (χ3n) is 3.73.